The largest absolute Gasteiger partial charge is 0.496 e. The number of hydrogen-bond acceptors (Lipinski definition) is 4. The van der Waals surface area contributed by atoms with E-state index >= 15 is 0 Å². The van der Waals surface area contributed by atoms with Gasteiger partial charge >= 0.3 is 0 Å². The molecule has 5 heteroatoms. The minimum Gasteiger partial charge on any atom is -0.496 e. The fourth-order valence-electron chi connectivity index (χ4n) is 3.68. The van der Waals surface area contributed by atoms with Gasteiger partial charge in [-0.05, 0) is 37.1 Å². The first kappa shape index (κ1) is 20.4. The van der Waals surface area contributed by atoms with E-state index in [2.05, 4.69) is 5.32 Å². The van der Waals surface area contributed by atoms with Crippen LogP contribution in [0.25, 0.3) is 5.57 Å². The lowest BCUT2D eigenvalue weighted by Gasteiger charge is -2.17. The first-order valence-corrected chi connectivity index (χ1v) is 10.1. The first-order valence-electron chi connectivity index (χ1n) is 10.1. The molecule has 31 heavy (non-hydrogen) atoms. The van der Waals surface area contributed by atoms with Crippen molar-refractivity contribution in [1.29, 1.82) is 0 Å². The fraction of sp³-hybridized carbons (Fsp3) is 0.154. The van der Waals surface area contributed by atoms with Crippen molar-refractivity contribution in [1.82, 2.24) is 4.90 Å². The Hall–Kier alpha value is -3.86. The molecule has 0 aromatic heterocycles. The SMILES string of the molecule is COc1ccccc1CN1C(=O)C(Nc2ccccc2C)=C(c2ccc(C)cc2)C1=O. The monoisotopic (exact) mass is 412 g/mol. The van der Waals surface area contributed by atoms with Crippen molar-refractivity contribution in [3.05, 3.63) is 101 Å². The van der Waals surface area contributed by atoms with Crippen LogP contribution in [0, 0.1) is 13.8 Å². The number of aryl methyl sites for hydroxylation is 2. The molecule has 1 aliphatic heterocycles. The van der Waals surface area contributed by atoms with E-state index in [9.17, 15) is 9.59 Å². The van der Waals surface area contributed by atoms with E-state index in [0.717, 1.165) is 22.4 Å². The van der Waals surface area contributed by atoms with Crippen molar-refractivity contribution >= 4 is 23.1 Å². The summed E-state index contributed by atoms with van der Waals surface area (Å²) >= 11 is 0. The van der Waals surface area contributed by atoms with Crippen molar-refractivity contribution < 1.29 is 14.3 Å². The van der Waals surface area contributed by atoms with Crippen molar-refractivity contribution in [2.75, 3.05) is 12.4 Å². The van der Waals surface area contributed by atoms with Crippen LogP contribution < -0.4 is 10.1 Å². The third-order valence-electron chi connectivity index (χ3n) is 5.43. The van der Waals surface area contributed by atoms with Gasteiger partial charge in [0.25, 0.3) is 11.8 Å². The standard InChI is InChI=1S/C26H24N2O3/c1-17-12-14-19(15-13-17)23-24(27-21-10-6-4-8-18(21)2)26(30)28(25(23)29)16-20-9-5-7-11-22(20)31-3/h4-15,27H,16H2,1-3H3. The topological polar surface area (TPSA) is 58.6 Å². The summed E-state index contributed by atoms with van der Waals surface area (Å²) in [5, 5.41) is 3.23. The van der Waals surface area contributed by atoms with Crippen molar-refractivity contribution in [2.45, 2.75) is 20.4 Å². The molecule has 0 fully saturated rings. The number of carbonyl (C=O) groups excluding carboxylic acids is 2. The van der Waals surface area contributed by atoms with E-state index in [0.29, 0.717) is 16.9 Å². The van der Waals surface area contributed by atoms with Crippen LogP contribution in [0.1, 0.15) is 22.3 Å². The van der Waals surface area contributed by atoms with Crippen molar-refractivity contribution in [3.8, 4) is 5.75 Å². The highest BCUT2D eigenvalue weighted by atomic mass is 16.5. The molecule has 1 N–H and O–H groups in total. The number of benzene rings is 3. The van der Waals surface area contributed by atoms with Gasteiger partial charge in [0.15, 0.2) is 0 Å². The lowest BCUT2D eigenvalue weighted by Crippen LogP contribution is -2.32. The van der Waals surface area contributed by atoms with Gasteiger partial charge in [0, 0.05) is 11.3 Å². The zero-order valence-corrected chi connectivity index (χ0v) is 17.8. The van der Waals surface area contributed by atoms with E-state index in [1.165, 1.54) is 4.90 Å². The molecular weight excluding hydrogens is 388 g/mol. The molecule has 0 atom stereocenters. The smallest absolute Gasteiger partial charge is 0.278 e. The first-order chi connectivity index (χ1) is 15.0. The Bertz CT molecular complexity index is 1180. The number of rotatable bonds is 6. The summed E-state index contributed by atoms with van der Waals surface area (Å²) in [6.07, 6.45) is 0. The molecule has 0 saturated carbocycles. The van der Waals surface area contributed by atoms with Gasteiger partial charge in [0.05, 0.1) is 19.2 Å². The molecule has 3 aromatic carbocycles. The van der Waals surface area contributed by atoms with Gasteiger partial charge in [-0.15, -0.1) is 0 Å². The van der Waals surface area contributed by atoms with Crippen LogP contribution in [0.4, 0.5) is 5.69 Å². The van der Waals surface area contributed by atoms with Gasteiger partial charge in [-0.1, -0.05) is 66.2 Å². The second kappa shape index (κ2) is 8.48. The minimum atomic E-state index is -0.352. The lowest BCUT2D eigenvalue weighted by molar-refractivity contribution is -0.137. The van der Waals surface area contributed by atoms with Gasteiger partial charge in [0.2, 0.25) is 0 Å². The number of hydrogen-bond donors (Lipinski definition) is 1. The van der Waals surface area contributed by atoms with Crippen LogP contribution in [0.2, 0.25) is 0 Å². The molecule has 0 aliphatic carbocycles. The molecule has 4 rings (SSSR count). The van der Waals surface area contributed by atoms with E-state index in [1.54, 1.807) is 7.11 Å². The zero-order valence-electron chi connectivity index (χ0n) is 17.8. The summed E-state index contributed by atoms with van der Waals surface area (Å²) in [5.41, 5.74) is 5.01. The van der Waals surface area contributed by atoms with Crippen molar-refractivity contribution in [2.24, 2.45) is 0 Å². The molecule has 1 aliphatic rings. The highest BCUT2D eigenvalue weighted by molar-refractivity contribution is 6.36. The number of ether oxygens (including phenoxy) is 1. The summed E-state index contributed by atoms with van der Waals surface area (Å²) in [6.45, 7) is 4.08. The molecule has 156 valence electrons. The average molecular weight is 412 g/mol. The predicted octanol–water partition coefficient (Wildman–Crippen LogP) is 4.70. The summed E-state index contributed by atoms with van der Waals surface area (Å²) in [5.74, 6) is -0.0362. The minimum absolute atomic E-state index is 0.135. The molecule has 3 aromatic rings. The second-order valence-corrected chi connectivity index (χ2v) is 7.56. The van der Waals surface area contributed by atoms with Gasteiger partial charge in [0.1, 0.15) is 11.4 Å². The molecule has 0 bridgehead atoms. The van der Waals surface area contributed by atoms with Crippen LogP contribution in [-0.2, 0) is 16.1 Å². The molecule has 0 radical (unpaired) electrons. The Kier molecular flexibility index (Phi) is 5.58. The molecule has 2 amide bonds. The predicted molar refractivity (Wildman–Crippen MR) is 121 cm³/mol. The number of nitrogens with one attached hydrogen (secondary N) is 1. The fourth-order valence-corrected chi connectivity index (χ4v) is 3.68. The average Bonchev–Trinajstić information content (AvgIpc) is 3.00. The maximum Gasteiger partial charge on any atom is 0.278 e. The van der Waals surface area contributed by atoms with Crippen LogP contribution in [0.15, 0.2) is 78.5 Å². The Labute approximate surface area is 182 Å². The molecule has 0 unspecified atom stereocenters. The zero-order chi connectivity index (χ0) is 22.0. The van der Waals surface area contributed by atoms with E-state index in [1.807, 2.05) is 86.6 Å². The van der Waals surface area contributed by atoms with Gasteiger partial charge < -0.3 is 10.1 Å². The maximum atomic E-state index is 13.5. The molecule has 5 nitrogen and oxygen atoms in total. The molecule has 0 spiro atoms. The van der Waals surface area contributed by atoms with E-state index in [4.69, 9.17) is 4.74 Å². The maximum absolute atomic E-state index is 13.5. The summed E-state index contributed by atoms with van der Waals surface area (Å²) in [7, 11) is 1.58. The highest BCUT2D eigenvalue weighted by Crippen LogP contribution is 2.33. The normalized spacial score (nSPS) is 13.7. The number of nitrogens with zero attached hydrogens (tertiary/aromatic N) is 1. The Morgan fingerprint density at radius 1 is 0.839 bits per heavy atom. The second-order valence-electron chi connectivity index (χ2n) is 7.56. The summed E-state index contributed by atoms with van der Waals surface area (Å²) in [4.78, 5) is 28.2. The molecular formula is C26H24N2O3. The van der Waals surface area contributed by atoms with Crippen LogP contribution in [-0.4, -0.2) is 23.8 Å². The molecule has 0 saturated heterocycles. The van der Waals surface area contributed by atoms with Gasteiger partial charge in [-0.3, -0.25) is 14.5 Å². The van der Waals surface area contributed by atoms with Gasteiger partial charge in [-0.25, -0.2) is 0 Å². The number of amides is 2. The number of anilines is 1. The summed E-state index contributed by atoms with van der Waals surface area (Å²) in [6, 6.07) is 22.7. The Morgan fingerprint density at radius 3 is 2.23 bits per heavy atom. The van der Waals surface area contributed by atoms with E-state index < -0.39 is 0 Å². The number of methoxy groups -OCH3 is 1. The Morgan fingerprint density at radius 2 is 1.52 bits per heavy atom. The van der Waals surface area contributed by atoms with Crippen LogP contribution in [0.5, 0.6) is 5.75 Å². The third-order valence-corrected chi connectivity index (χ3v) is 5.43. The summed E-state index contributed by atoms with van der Waals surface area (Å²) < 4.78 is 5.41. The van der Waals surface area contributed by atoms with E-state index in [-0.39, 0.29) is 24.1 Å². The number of carbonyl (C=O) groups is 2. The van der Waals surface area contributed by atoms with Crippen LogP contribution >= 0.6 is 0 Å². The number of imide groups is 1. The van der Waals surface area contributed by atoms with Crippen LogP contribution in [0.3, 0.4) is 0 Å². The molecule has 1 heterocycles. The highest BCUT2D eigenvalue weighted by Gasteiger charge is 2.39. The quantitative estimate of drug-likeness (QED) is 0.596. The van der Waals surface area contributed by atoms with Gasteiger partial charge in [-0.2, -0.15) is 0 Å². The third kappa shape index (κ3) is 3.94. The van der Waals surface area contributed by atoms with Crippen molar-refractivity contribution in [3.63, 3.8) is 0 Å². The number of para-hydroxylation sites is 2. The lowest BCUT2D eigenvalue weighted by atomic mass is 10.0. The Balaban J connectivity index is 1.76.